The van der Waals surface area contributed by atoms with E-state index in [9.17, 15) is 3.74 Å². The maximum atomic E-state index is 10.8. The van der Waals surface area contributed by atoms with Gasteiger partial charge in [-0.15, -0.1) is 0 Å². The van der Waals surface area contributed by atoms with Crippen molar-refractivity contribution in [3.8, 4) is 5.75 Å². The zero-order chi connectivity index (χ0) is 9.35. The summed E-state index contributed by atoms with van der Waals surface area (Å²) in [6.07, 6.45) is 0. The molecule has 1 aromatic carbocycles. The zero-order valence-corrected chi connectivity index (χ0v) is 9.84. The number of benzene rings is 1. The minimum absolute atomic E-state index is 0.0182. The van der Waals surface area contributed by atoms with Crippen LogP contribution in [0.15, 0.2) is 18.2 Å². The van der Waals surface area contributed by atoms with Crippen molar-refractivity contribution >= 4 is 41.1 Å². The molecule has 0 atom stereocenters. The van der Waals surface area contributed by atoms with Crippen LogP contribution in [-0.4, -0.2) is 27.5 Å². The van der Waals surface area contributed by atoms with E-state index in [1.165, 1.54) is 18.2 Å². The Hall–Kier alpha value is 0.0284. The average Bonchev–Trinajstić information content (AvgIpc) is 1.92. The summed E-state index contributed by atoms with van der Waals surface area (Å²) in [6, 6.07) is 3.80. The van der Waals surface area contributed by atoms with E-state index in [0.717, 1.165) is 0 Å². The molecule has 0 aliphatic rings. The topological polar surface area (TPSA) is 77.8 Å². The van der Waals surface area contributed by atoms with Gasteiger partial charge < -0.3 is 0 Å². The average molecular weight is 344 g/mol. The Morgan fingerprint density at radius 3 is 2.33 bits per heavy atom. The molecule has 12 heavy (non-hydrogen) atoms. The van der Waals surface area contributed by atoms with Gasteiger partial charge in [-0.1, -0.05) is 0 Å². The third-order valence-corrected chi connectivity index (χ3v) is 4.13. The Balaban J connectivity index is 3.23. The van der Waals surface area contributed by atoms with E-state index in [4.69, 9.17) is 13.3 Å². The molecule has 66 valence electrons. The van der Waals surface area contributed by atoms with Crippen molar-refractivity contribution < 1.29 is 17.0 Å². The third kappa shape index (κ3) is 2.26. The van der Waals surface area contributed by atoms with E-state index in [2.05, 4.69) is 0 Å². The summed E-state index contributed by atoms with van der Waals surface area (Å²) < 4.78 is 28.8. The molecule has 0 amide bonds. The van der Waals surface area contributed by atoms with E-state index in [-0.39, 0.29) is 10.1 Å². The van der Waals surface area contributed by atoms with Gasteiger partial charge in [0.1, 0.15) is 0 Å². The third-order valence-electron chi connectivity index (χ3n) is 1.27. The minimum atomic E-state index is -4.78. The maximum absolute atomic E-state index is 10.8. The van der Waals surface area contributed by atoms with Crippen LogP contribution in [0.3, 0.4) is 0 Å². The van der Waals surface area contributed by atoms with Crippen LogP contribution in [0.2, 0.25) is 0 Å². The molecule has 0 radical (unpaired) electrons. The molecule has 0 fully saturated rings. The molecular weight excluding hydrogens is 338 g/mol. The molecule has 0 aromatic heterocycles. The predicted molar refractivity (Wildman–Crippen MR) is 51.3 cm³/mol. The van der Waals surface area contributed by atoms with Gasteiger partial charge in [-0.3, -0.25) is 0 Å². The quantitative estimate of drug-likeness (QED) is 0.477. The van der Waals surface area contributed by atoms with Gasteiger partial charge in [0.2, 0.25) is 0 Å². The van der Waals surface area contributed by atoms with Gasteiger partial charge in [-0.05, 0) is 0 Å². The molecule has 6 heteroatoms. The second-order valence-corrected chi connectivity index (χ2v) is 6.71. The number of halogens is 1. The van der Waals surface area contributed by atoms with Crippen molar-refractivity contribution in [2.45, 2.75) is 0 Å². The summed E-state index contributed by atoms with van der Waals surface area (Å²) in [6.45, 7) is 0. The number of hydrogen-bond acceptors (Lipinski definition) is 2. The van der Waals surface area contributed by atoms with Crippen molar-refractivity contribution in [2.75, 3.05) is 0 Å². The molecule has 0 unspecified atom stereocenters. The first-order valence-electron chi connectivity index (χ1n) is 2.96. The van der Waals surface area contributed by atoms with E-state index in [1.54, 1.807) is 22.6 Å². The number of aromatic hydroxyl groups is 1. The zero-order valence-electron chi connectivity index (χ0n) is 5.81. The molecule has 0 saturated carbocycles. The van der Waals surface area contributed by atoms with Crippen LogP contribution in [0.5, 0.6) is 5.75 Å². The molecule has 1 aromatic rings. The van der Waals surface area contributed by atoms with Crippen LogP contribution < -0.4 is 4.35 Å². The Bertz CT molecular complexity index is 345. The summed E-state index contributed by atoms with van der Waals surface area (Å²) in [5, 5.41) is 9.06. The van der Waals surface area contributed by atoms with Crippen LogP contribution in [-0.2, 0) is 3.74 Å². The van der Waals surface area contributed by atoms with Crippen molar-refractivity contribution in [1.82, 2.24) is 0 Å². The predicted octanol–water partition coefficient (Wildman–Crippen LogP) is -0.442. The van der Waals surface area contributed by atoms with Crippen molar-refractivity contribution in [2.24, 2.45) is 0 Å². The van der Waals surface area contributed by atoms with Crippen molar-refractivity contribution in [3.05, 3.63) is 21.8 Å². The summed E-state index contributed by atoms with van der Waals surface area (Å²) in [5.74, 6) is 0.0308. The van der Waals surface area contributed by atoms with Gasteiger partial charge in [-0.2, -0.15) is 0 Å². The number of phenols is 1. The molecule has 0 aliphatic heterocycles. The normalized spacial score (nSPS) is 11.6. The number of rotatable bonds is 1. The molecule has 4 nitrogen and oxygen atoms in total. The summed E-state index contributed by atoms with van der Waals surface area (Å²) in [5.41, 5.74) is 0. The van der Waals surface area contributed by atoms with Gasteiger partial charge >= 0.3 is 85.7 Å². The monoisotopic (exact) mass is 344 g/mol. The molecule has 0 heterocycles. The first kappa shape index (κ1) is 10.1. The second kappa shape index (κ2) is 3.41. The molecule has 0 saturated heterocycles. The summed E-state index contributed by atoms with van der Waals surface area (Å²) in [7, 11) is 0. The first-order chi connectivity index (χ1) is 5.41. The van der Waals surface area contributed by atoms with Gasteiger partial charge in [0.15, 0.2) is 0 Å². The van der Waals surface area contributed by atoms with Crippen LogP contribution in [0.25, 0.3) is 0 Å². The first-order valence-corrected chi connectivity index (χ1v) is 7.42. The Labute approximate surface area is 85.4 Å². The van der Waals surface area contributed by atoms with E-state index >= 15 is 0 Å². The Morgan fingerprint density at radius 2 is 1.92 bits per heavy atom. The van der Waals surface area contributed by atoms with E-state index in [0.29, 0.717) is 3.57 Å². The van der Waals surface area contributed by atoms with Crippen LogP contribution >= 0.6 is 22.6 Å². The van der Waals surface area contributed by atoms with Crippen LogP contribution in [0.4, 0.5) is 0 Å². The SMILES string of the molecule is O=[As](O)(O)c1ccc(O)c(I)c1. The molecule has 0 spiro atoms. The van der Waals surface area contributed by atoms with Gasteiger partial charge in [0.05, 0.1) is 0 Å². The summed E-state index contributed by atoms with van der Waals surface area (Å²) in [4.78, 5) is 0. The summed E-state index contributed by atoms with van der Waals surface area (Å²) >= 11 is -2.97. The van der Waals surface area contributed by atoms with Crippen LogP contribution in [0.1, 0.15) is 0 Å². The molecular formula is C6H6AsIO4. The fraction of sp³-hybridized carbons (Fsp3) is 0. The fourth-order valence-corrected chi connectivity index (χ4v) is 2.91. The number of phenolic OH excluding ortho intramolecular Hbond substituents is 1. The standard InChI is InChI=1S/C6H6AsIO4/c8-5-3-4(7(10,11)12)1-2-6(5)9/h1-3,9H,(H2,10,11,12). The molecule has 0 aliphatic carbocycles. The molecule has 3 N–H and O–H groups in total. The fourth-order valence-electron chi connectivity index (χ4n) is 0.677. The molecule has 0 bridgehead atoms. The Morgan fingerprint density at radius 1 is 1.33 bits per heavy atom. The van der Waals surface area contributed by atoms with Crippen molar-refractivity contribution in [1.29, 1.82) is 0 Å². The second-order valence-electron chi connectivity index (χ2n) is 2.18. The van der Waals surface area contributed by atoms with Gasteiger partial charge in [0, 0.05) is 0 Å². The van der Waals surface area contributed by atoms with E-state index < -0.39 is 14.2 Å². The number of hydrogen-bond donors (Lipinski definition) is 3. The van der Waals surface area contributed by atoms with Gasteiger partial charge in [0.25, 0.3) is 0 Å². The van der Waals surface area contributed by atoms with Crippen LogP contribution in [0, 0.1) is 3.57 Å². The van der Waals surface area contributed by atoms with Crippen molar-refractivity contribution in [3.63, 3.8) is 0 Å². The Kier molecular flexibility index (Phi) is 2.88. The molecule has 1 rings (SSSR count). The van der Waals surface area contributed by atoms with E-state index in [1.807, 2.05) is 0 Å². The van der Waals surface area contributed by atoms with Gasteiger partial charge in [-0.25, -0.2) is 0 Å².